The van der Waals surface area contributed by atoms with Crippen molar-refractivity contribution in [3.05, 3.63) is 71.3 Å². The zero-order chi connectivity index (χ0) is 11.9. The first-order valence-electron chi connectivity index (χ1n) is 5.41. The molecular formula is C16H11N. The fourth-order valence-corrected chi connectivity index (χ4v) is 1.46. The molecule has 2 aromatic rings. The van der Waals surface area contributed by atoms with Crippen molar-refractivity contribution in [1.82, 2.24) is 0 Å². The third kappa shape index (κ3) is 3.23. The maximum atomic E-state index is 8.56. The van der Waals surface area contributed by atoms with Crippen LogP contribution in [-0.2, 0) is 6.42 Å². The standard InChI is InChI=1S/C16H11N/c17-13-12-16-10-8-15(9-11-16)7-6-14-4-2-1-3-5-14/h1-5,8-11H,12H2. The van der Waals surface area contributed by atoms with E-state index in [9.17, 15) is 0 Å². The summed E-state index contributed by atoms with van der Waals surface area (Å²) in [5, 5.41) is 8.56. The molecule has 0 bridgehead atoms. The molecule has 17 heavy (non-hydrogen) atoms. The smallest absolute Gasteiger partial charge is 0.0669 e. The highest BCUT2D eigenvalue weighted by atomic mass is 14.2. The summed E-state index contributed by atoms with van der Waals surface area (Å²) in [7, 11) is 0. The second-order valence-electron chi connectivity index (χ2n) is 3.65. The molecule has 0 amide bonds. The van der Waals surface area contributed by atoms with E-state index >= 15 is 0 Å². The number of rotatable bonds is 1. The molecule has 0 saturated carbocycles. The molecule has 0 spiro atoms. The molecule has 0 aliphatic carbocycles. The second-order valence-corrected chi connectivity index (χ2v) is 3.65. The van der Waals surface area contributed by atoms with Crippen LogP contribution in [0.25, 0.3) is 0 Å². The maximum absolute atomic E-state index is 8.56. The van der Waals surface area contributed by atoms with E-state index in [2.05, 4.69) is 17.9 Å². The third-order valence-electron chi connectivity index (χ3n) is 2.36. The predicted molar refractivity (Wildman–Crippen MR) is 68.2 cm³/mol. The fraction of sp³-hybridized carbons (Fsp3) is 0.0625. The van der Waals surface area contributed by atoms with E-state index in [4.69, 9.17) is 5.26 Å². The van der Waals surface area contributed by atoms with Crippen molar-refractivity contribution in [2.75, 3.05) is 0 Å². The molecule has 0 unspecified atom stereocenters. The van der Waals surface area contributed by atoms with Crippen LogP contribution in [0, 0.1) is 23.2 Å². The van der Waals surface area contributed by atoms with Gasteiger partial charge in [0, 0.05) is 11.1 Å². The van der Waals surface area contributed by atoms with Crippen molar-refractivity contribution in [1.29, 1.82) is 5.26 Å². The molecule has 2 rings (SSSR count). The first-order chi connectivity index (χ1) is 8.38. The first kappa shape index (κ1) is 11.0. The van der Waals surface area contributed by atoms with Crippen LogP contribution in [0.2, 0.25) is 0 Å². The Labute approximate surface area is 101 Å². The Morgan fingerprint density at radius 3 is 1.94 bits per heavy atom. The van der Waals surface area contributed by atoms with Gasteiger partial charge in [-0.2, -0.15) is 5.26 Å². The summed E-state index contributed by atoms with van der Waals surface area (Å²) in [4.78, 5) is 0. The van der Waals surface area contributed by atoms with E-state index in [1.807, 2.05) is 54.6 Å². The van der Waals surface area contributed by atoms with Gasteiger partial charge in [0.1, 0.15) is 0 Å². The van der Waals surface area contributed by atoms with E-state index in [0.29, 0.717) is 6.42 Å². The normalized spacial score (nSPS) is 8.88. The van der Waals surface area contributed by atoms with Crippen molar-refractivity contribution in [2.24, 2.45) is 0 Å². The summed E-state index contributed by atoms with van der Waals surface area (Å²) in [5.74, 6) is 6.19. The molecule has 1 heteroatoms. The minimum absolute atomic E-state index is 0.451. The number of hydrogen-bond donors (Lipinski definition) is 0. The molecule has 1 nitrogen and oxygen atoms in total. The first-order valence-corrected chi connectivity index (χ1v) is 5.41. The van der Waals surface area contributed by atoms with Crippen LogP contribution in [0.4, 0.5) is 0 Å². The lowest BCUT2D eigenvalue weighted by molar-refractivity contribution is 1.26. The van der Waals surface area contributed by atoms with Gasteiger partial charge in [-0.15, -0.1) is 0 Å². The lowest BCUT2D eigenvalue weighted by atomic mass is 10.1. The Hall–Kier alpha value is -2.51. The number of hydrogen-bond acceptors (Lipinski definition) is 1. The highest BCUT2D eigenvalue weighted by molar-refractivity contribution is 5.43. The van der Waals surface area contributed by atoms with E-state index < -0.39 is 0 Å². The van der Waals surface area contributed by atoms with Crippen LogP contribution in [0.1, 0.15) is 16.7 Å². The van der Waals surface area contributed by atoms with Crippen LogP contribution >= 0.6 is 0 Å². The Morgan fingerprint density at radius 1 is 0.765 bits per heavy atom. The van der Waals surface area contributed by atoms with Crippen molar-refractivity contribution < 1.29 is 0 Å². The van der Waals surface area contributed by atoms with Gasteiger partial charge in [-0.1, -0.05) is 42.2 Å². The highest BCUT2D eigenvalue weighted by Gasteiger charge is 1.91. The topological polar surface area (TPSA) is 23.8 Å². The summed E-state index contributed by atoms with van der Waals surface area (Å²) >= 11 is 0. The molecule has 0 atom stereocenters. The van der Waals surface area contributed by atoms with Crippen LogP contribution in [0.3, 0.4) is 0 Å². The number of benzene rings is 2. The predicted octanol–water partition coefficient (Wildman–Crippen LogP) is 3.15. The van der Waals surface area contributed by atoms with Gasteiger partial charge in [0.2, 0.25) is 0 Å². The van der Waals surface area contributed by atoms with Crippen molar-refractivity contribution >= 4 is 0 Å². The average molecular weight is 217 g/mol. The zero-order valence-electron chi connectivity index (χ0n) is 9.35. The van der Waals surface area contributed by atoms with Gasteiger partial charge in [-0.3, -0.25) is 0 Å². The second kappa shape index (κ2) is 5.54. The molecule has 0 fully saturated rings. The van der Waals surface area contributed by atoms with Gasteiger partial charge in [0.05, 0.1) is 12.5 Å². The van der Waals surface area contributed by atoms with E-state index in [-0.39, 0.29) is 0 Å². The molecule has 0 N–H and O–H groups in total. The molecule has 80 valence electrons. The number of nitriles is 1. The van der Waals surface area contributed by atoms with E-state index in [0.717, 1.165) is 16.7 Å². The fourth-order valence-electron chi connectivity index (χ4n) is 1.46. The van der Waals surface area contributed by atoms with Gasteiger partial charge in [-0.25, -0.2) is 0 Å². The molecule has 0 aromatic heterocycles. The summed E-state index contributed by atoms with van der Waals surface area (Å²) in [6, 6.07) is 19.8. The minimum Gasteiger partial charge on any atom is -0.198 e. The zero-order valence-corrected chi connectivity index (χ0v) is 9.35. The lowest BCUT2D eigenvalue weighted by Crippen LogP contribution is -1.81. The van der Waals surface area contributed by atoms with Gasteiger partial charge in [0.15, 0.2) is 0 Å². The minimum atomic E-state index is 0.451. The molecule has 2 aromatic carbocycles. The van der Waals surface area contributed by atoms with Gasteiger partial charge in [0.25, 0.3) is 0 Å². The molecule has 0 heterocycles. The van der Waals surface area contributed by atoms with Crippen molar-refractivity contribution in [3.63, 3.8) is 0 Å². The van der Waals surface area contributed by atoms with E-state index in [1.54, 1.807) is 0 Å². The molecule has 0 saturated heterocycles. The Kier molecular flexibility index (Phi) is 3.58. The van der Waals surface area contributed by atoms with Gasteiger partial charge >= 0.3 is 0 Å². The highest BCUT2D eigenvalue weighted by Crippen LogP contribution is 2.04. The average Bonchev–Trinajstić information content (AvgIpc) is 2.40. The summed E-state index contributed by atoms with van der Waals surface area (Å²) in [6.45, 7) is 0. The molecule has 0 aliphatic heterocycles. The summed E-state index contributed by atoms with van der Waals surface area (Å²) in [5.41, 5.74) is 3.00. The molecular weight excluding hydrogens is 206 g/mol. The van der Waals surface area contributed by atoms with Crippen LogP contribution in [0.15, 0.2) is 54.6 Å². The third-order valence-corrected chi connectivity index (χ3v) is 2.36. The number of nitrogens with zero attached hydrogens (tertiary/aromatic N) is 1. The van der Waals surface area contributed by atoms with Crippen LogP contribution in [-0.4, -0.2) is 0 Å². The van der Waals surface area contributed by atoms with Crippen molar-refractivity contribution in [3.8, 4) is 17.9 Å². The SMILES string of the molecule is N#CCc1ccc(C#Cc2ccccc2)cc1. The summed E-state index contributed by atoms with van der Waals surface area (Å²) in [6.07, 6.45) is 0.451. The quantitative estimate of drug-likeness (QED) is 0.673. The Morgan fingerprint density at radius 2 is 1.35 bits per heavy atom. The van der Waals surface area contributed by atoms with E-state index in [1.165, 1.54) is 0 Å². The molecule has 0 aliphatic rings. The van der Waals surface area contributed by atoms with Crippen LogP contribution in [0.5, 0.6) is 0 Å². The Balaban J connectivity index is 2.15. The van der Waals surface area contributed by atoms with Crippen molar-refractivity contribution in [2.45, 2.75) is 6.42 Å². The largest absolute Gasteiger partial charge is 0.198 e. The monoisotopic (exact) mass is 217 g/mol. The lowest BCUT2D eigenvalue weighted by Gasteiger charge is -1.94. The maximum Gasteiger partial charge on any atom is 0.0669 e. The van der Waals surface area contributed by atoms with Crippen LogP contribution < -0.4 is 0 Å². The summed E-state index contributed by atoms with van der Waals surface area (Å²) < 4.78 is 0. The molecule has 0 radical (unpaired) electrons. The van der Waals surface area contributed by atoms with Gasteiger partial charge < -0.3 is 0 Å². The Bertz CT molecular complexity index is 577. The van der Waals surface area contributed by atoms with Gasteiger partial charge in [-0.05, 0) is 29.8 Å².